The van der Waals surface area contributed by atoms with Crippen LogP contribution in [0.15, 0.2) is 36.4 Å². The van der Waals surface area contributed by atoms with Crippen LogP contribution < -0.4 is 4.74 Å². The molecule has 0 saturated heterocycles. The summed E-state index contributed by atoms with van der Waals surface area (Å²) in [5.74, 6) is -0.711. The lowest BCUT2D eigenvalue weighted by molar-refractivity contribution is -0.130. The summed E-state index contributed by atoms with van der Waals surface area (Å²) in [6.07, 6.45) is 1.37. The highest BCUT2D eigenvalue weighted by atomic mass is 16.5. The van der Waals surface area contributed by atoms with E-state index in [-0.39, 0.29) is 17.1 Å². The number of hydrogen-bond acceptors (Lipinski definition) is 4. The van der Waals surface area contributed by atoms with Crippen molar-refractivity contribution in [2.75, 3.05) is 6.61 Å². The molecule has 0 unspecified atom stereocenters. The Morgan fingerprint density at radius 1 is 1.17 bits per heavy atom. The Labute approximate surface area is 134 Å². The fraction of sp³-hybridized carbons (Fsp3) is 0.167. The van der Waals surface area contributed by atoms with Crippen molar-refractivity contribution in [2.45, 2.75) is 13.8 Å². The molecule has 0 aliphatic heterocycles. The van der Waals surface area contributed by atoms with Crippen molar-refractivity contribution in [3.05, 3.63) is 53.1 Å². The monoisotopic (exact) mass is 314 g/mol. The number of rotatable bonds is 5. The average molecular weight is 314 g/mol. The Hall–Kier alpha value is -2.95. The highest BCUT2D eigenvalue weighted by molar-refractivity contribution is 6.21. The summed E-state index contributed by atoms with van der Waals surface area (Å²) in [6.45, 7) is 4.20. The van der Waals surface area contributed by atoms with Crippen LogP contribution in [0, 0.1) is 6.92 Å². The van der Waals surface area contributed by atoms with Crippen molar-refractivity contribution in [1.82, 2.24) is 0 Å². The number of carbonyl (C=O) groups is 1. The summed E-state index contributed by atoms with van der Waals surface area (Å²) in [6, 6.07) is 9.16. The number of benzene rings is 2. The molecule has 5 heteroatoms. The molecule has 0 bridgehead atoms. The Kier molecular flexibility index (Phi) is 4.91. The van der Waals surface area contributed by atoms with E-state index in [0.29, 0.717) is 23.5 Å². The van der Waals surface area contributed by atoms with Crippen molar-refractivity contribution < 1.29 is 24.9 Å². The minimum absolute atomic E-state index is 0.0477. The van der Waals surface area contributed by atoms with Gasteiger partial charge in [-0.1, -0.05) is 6.07 Å². The zero-order chi connectivity index (χ0) is 17.0. The smallest absolute Gasteiger partial charge is 0.336 e. The Balaban J connectivity index is 2.50. The zero-order valence-corrected chi connectivity index (χ0v) is 12.9. The molecule has 120 valence electrons. The van der Waals surface area contributed by atoms with Gasteiger partial charge in [-0.3, -0.25) is 0 Å². The lowest BCUT2D eigenvalue weighted by Gasteiger charge is -2.10. The fourth-order valence-electron chi connectivity index (χ4n) is 2.26. The molecule has 0 saturated carbocycles. The van der Waals surface area contributed by atoms with Gasteiger partial charge in [0.25, 0.3) is 0 Å². The third kappa shape index (κ3) is 3.83. The summed E-state index contributed by atoms with van der Waals surface area (Å²) < 4.78 is 5.40. The van der Waals surface area contributed by atoms with Gasteiger partial charge >= 0.3 is 5.97 Å². The Morgan fingerprint density at radius 3 is 2.48 bits per heavy atom. The molecule has 0 amide bonds. The first-order valence-corrected chi connectivity index (χ1v) is 7.13. The lowest BCUT2D eigenvalue weighted by atomic mass is 9.98. The number of phenolic OH excluding ortho intramolecular Hbond substituents is 2. The molecule has 2 rings (SSSR count). The van der Waals surface area contributed by atoms with E-state index in [4.69, 9.17) is 4.74 Å². The van der Waals surface area contributed by atoms with Crippen molar-refractivity contribution in [1.29, 1.82) is 0 Å². The second kappa shape index (κ2) is 6.87. The van der Waals surface area contributed by atoms with Gasteiger partial charge in [0.05, 0.1) is 12.2 Å². The summed E-state index contributed by atoms with van der Waals surface area (Å²) in [7, 11) is 0. The molecule has 0 aliphatic rings. The van der Waals surface area contributed by atoms with Crippen molar-refractivity contribution in [3.63, 3.8) is 0 Å². The number of ether oxygens (including phenoxy) is 1. The molecule has 0 heterocycles. The van der Waals surface area contributed by atoms with Gasteiger partial charge < -0.3 is 20.1 Å². The summed E-state index contributed by atoms with van der Waals surface area (Å²) in [5, 5.41) is 28.6. The number of carboxylic acid groups (broad SMARTS) is 1. The Morgan fingerprint density at radius 2 is 1.91 bits per heavy atom. The third-order valence-corrected chi connectivity index (χ3v) is 3.34. The van der Waals surface area contributed by atoms with Crippen LogP contribution in [-0.4, -0.2) is 27.9 Å². The molecule has 0 fully saturated rings. The second-order valence-corrected chi connectivity index (χ2v) is 5.02. The quantitative estimate of drug-likeness (QED) is 0.581. The molecular weight excluding hydrogens is 296 g/mol. The molecule has 2 aromatic rings. The van der Waals surface area contributed by atoms with Gasteiger partial charge in [0.2, 0.25) is 0 Å². The SMILES string of the molecule is CCOc1ccc(/C(=C/c2ccc(O)cc2O)C(=O)O)c(C)c1. The zero-order valence-electron chi connectivity index (χ0n) is 12.9. The summed E-state index contributed by atoms with van der Waals surface area (Å²) >= 11 is 0. The van der Waals surface area contributed by atoms with Crippen LogP contribution in [0.25, 0.3) is 11.6 Å². The van der Waals surface area contributed by atoms with E-state index in [1.54, 1.807) is 25.1 Å². The maximum atomic E-state index is 11.6. The predicted octanol–water partition coefficient (Wildman–Crippen LogP) is 3.43. The molecule has 0 atom stereocenters. The van der Waals surface area contributed by atoms with Gasteiger partial charge in [0.1, 0.15) is 17.2 Å². The molecule has 0 spiro atoms. The van der Waals surface area contributed by atoms with Gasteiger partial charge in [0.15, 0.2) is 0 Å². The molecule has 5 nitrogen and oxygen atoms in total. The van der Waals surface area contributed by atoms with E-state index < -0.39 is 5.97 Å². The van der Waals surface area contributed by atoms with E-state index >= 15 is 0 Å². The minimum Gasteiger partial charge on any atom is -0.508 e. The van der Waals surface area contributed by atoms with Gasteiger partial charge in [-0.15, -0.1) is 0 Å². The largest absolute Gasteiger partial charge is 0.508 e. The van der Waals surface area contributed by atoms with Gasteiger partial charge in [0, 0.05) is 11.6 Å². The first-order valence-electron chi connectivity index (χ1n) is 7.13. The van der Waals surface area contributed by atoms with Crippen LogP contribution in [-0.2, 0) is 4.79 Å². The minimum atomic E-state index is -1.11. The molecule has 3 N–H and O–H groups in total. The maximum Gasteiger partial charge on any atom is 0.336 e. The normalized spacial score (nSPS) is 11.3. The van der Waals surface area contributed by atoms with E-state index in [0.717, 1.165) is 11.6 Å². The van der Waals surface area contributed by atoms with Crippen LogP contribution in [0.3, 0.4) is 0 Å². The van der Waals surface area contributed by atoms with Crippen LogP contribution in [0.2, 0.25) is 0 Å². The average Bonchev–Trinajstić information content (AvgIpc) is 2.47. The molecule has 0 radical (unpaired) electrons. The number of phenols is 2. The second-order valence-electron chi connectivity index (χ2n) is 5.02. The van der Waals surface area contributed by atoms with E-state index in [9.17, 15) is 20.1 Å². The molecule has 0 aromatic heterocycles. The first kappa shape index (κ1) is 16.4. The van der Waals surface area contributed by atoms with E-state index in [2.05, 4.69) is 0 Å². The van der Waals surface area contributed by atoms with Crippen LogP contribution in [0.4, 0.5) is 0 Å². The number of hydrogen-bond donors (Lipinski definition) is 3. The van der Waals surface area contributed by atoms with Crippen molar-refractivity contribution in [2.24, 2.45) is 0 Å². The van der Waals surface area contributed by atoms with Crippen molar-refractivity contribution in [3.8, 4) is 17.2 Å². The molecule has 23 heavy (non-hydrogen) atoms. The molecule has 2 aromatic carbocycles. The summed E-state index contributed by atoms with van der Waals surface area (Å²) in [5.41, 5.74) is 1.65. The third-order valence-electron chi connectivity index (χ3n) is 3.34. The number of aryl methyl sites for hydroxylation is 1. The van der Waals surface area contributed by atoms with Crippen LogP contribution in [0.5, 0.6) is 17.2 Å². The topological polar surface area (TPSA) is 87.0 Å². The molecular formula is C18H18O5. The van der Waals surface area contributed by atoms with Gasteiger partial charge in [-0.2, -0.15) is 0 Å². The maximum absolute atomic E-state index is 11.6. The van der Waals surface area contributed by atoms with Gasteiger partial charge in [-0.05, 0) is 55.3 Å². The first-order chi connectivity index (χ1) is 10.9. The lowest BCUT2D eigenvalue weighted by Crippen LogP contribution is -2.02. The van der Waals surface area contributed by atoms with E-state index in [1.165, 1.54) is 18.2 Å². The summed E-state index contributed by atoms with van der Waals surface area (Å²) in [4.78, 5) is 11.6. The van der Waals surface area contributed by atoms with Gasteiger partial charge in [-0.25, -0.2) is 4.79 Å². The Bertz CT molecular complexity index is 762. The number of carboxylic acids is 1. The molecule has 0 aliphatic carbocycles. The van der Waals surface area contributed by atoms with Crippen LogP contribution >= 0.6 is 0 Å². The fourth-order valence-corrected chi connectivity index (χ4v) is 2.26. The highest BCUT2D eigenvalue weighted by Crippen LogP contribution is 2.29. The standard InChI is InChI=1S/C18H18O5/c1-3-23-14-6-7-15(11(2)8-14)16(18(21)22)9-12-4-5-13(19)10-17(12)20/h4-10,19-20H,3H2,1-2H3,(H,21,22)/b16-9-. The predicted molar refractivity (Wildman–Crippen MR) is 87.6 cm³/mol. The number of aliphatic carboxylic acids is 1. The van der Waals surface area contributed by atoms with Crippen molar-refractivity contribution >= 4 is 17.6 Å². The van der Waals surface area contributed by atoms with Crippen LogP contribution in [0.1, 0.15) is 23.6 Å². The van der Waals surface area contributed by atoms with E-state index in [1.807, 2.05) is 6.92 Å². The highest BCUT2D eigenvalue weighted by Gasteiger charge is 2.15. The number of aromatic hydroxyl groups is 2.